The van der Waals surface area contributed by atoms with Crippen molar-refractivity contribution >= 4 is 17.2 Å². The summed E-state index contributed by atoms with van der Waals surface area (Å²) in [6.07, 6.45) is 6.55. The second kappa shape index (κ2) is 6.19. The van der Waals surface area contributed by atoms with Gasteiger partial charge in [0.15, 0.2) is 0 Å². The predicted molar refractivity (Wildman–Crippen MR) is 79.0 cm³/mol. The van der Waals surface area contributed by atoms with Crippen LogP contribution in [0, 0.1) is 5.92 Å². The maximum atomic E-state index is 6.02. The van der Waals surface area contributed by atoms with Gasteiger partial charge in [-0.1, -0.05) is 37.7 Å². The number of thiocarbonyl (C=S) groups is 1. The third-order valence-electron chi connectivity index (χ3n) is 3.79. The zero-order chi connectivity index (χ0) is 13.0. The molecule has 2 N–H and O–H groups in total. The van der Waals surface area contributed by atoms with Crippen molar-refractivity contribution < 1.29 is 4.74 Å². The van der Waals surface area contributed by atoms with Gasteiger partial charge >= 0.3 is 0 Å². The maximum Gasteiger partial charge on any atom is 0.120 e. The van der Waals surface area contributed by atoms with E-state index in [-0.39, 0.29) is 0 Å². The van der Waals surface area contributed by atoms with Gasteiger partial charge < -0.3 is 10.5 Å². The second-order valence-corrected chi connectivity index (χ2v) is 5.50. The SMILES string of the molecule is CCC1CCC(Oc2cccc(C(N)=S)c2)CC1. The summed E-state index contributed by atoms with van der Waals surface area (Å²) >= 11 is 4.98. The molecular weight excluding hydrogens is 242 g/mol. The molecule has 2 nitrogen and oxygen atoms in total. The zero-order valence-electron chi connectivity index (χ0n) is 10.9. The minimum Gasteiger partial charge on any atom is -0.490 e. The molecule has 18 heavy (non-hydrogen) atoms. The molecule has 0 heterocycles. The van der Waals surface area contributed by atoms with Gasteiger partial charge in [0.1, 0.15) is 10.7 Å². The van der Waals surface area contributed by atoms with Crippen LogP contribution in [0.25, 0.3) is 0 Å². The van der Waals surface area contributed by atoms with Gasteiger partial charge in [0, 0.05) is 5.56 Å². The maximum absolute atomic E-state index is 6.02. The third-order valence-corrected chi connectivity index (χ3v) is 4.03. The molecule has 0 saturated heterocycles. The molecule has 0 atom stereocenters. The topological polar surface area (TPSA) is 35.2 Å². The number of hydrogen-bond donors (Lipinski definition) is 1. The molecule has 0 amide bonds. The van der Waals surface area contributed by atoms with Gasteiger partial charge in [0.2, 0.25) is 0 Å². The fraction of sp³-hybridized carbons (Fsp3) is 0.533. The van der Waals surface area contributed by atoms with Crippen molar-refractivity contribution in [3.05, 3.63) is 29.8 Å². The van der Waals surface area contributed by atoms with Crippen molar-refractivity contribution in [3.63, 3.8) is 0 Å². The minimum atomic E-state index is 0.356. The summed E-state index contributed by atoms with van der Waals surface area (Å²) < 4.78 is 6.02. The fourth-order valence-corrected chi connectivity index (χ4v) is 2.70. The lowest BCUT2D eigenvalue weighted by molar-refractivity contribution is 0.130. The van der Waals surface area contributed by atoms with Crippen molar-refractivity contribution in [3.8, 4) is 5.75 Å². The summed E-state index contributed by atoms with van der Waals surface area (Å²) in [6, 6.07) is 7.78. The van der Waals surface area contributed by atoms with E-state index in [4.69, 9.17) is 22.7 Å². The highest BCUT2D eigenvalue weighted by Crippen LogP contribution is 2.29. The standard InChI is InChI=1S/C15H21NOS/c1-2-11-6-8-13(9-7-11)17-14-5-3-4-12(10-14)15(16)18/h3-5,10-11,13H,2,6-9H2,1H3,(H2,16,18). The van der Waals surface area contributed by atoms with Gasteiger partial charge in [-0.05, 0) is 43.7 Å². The summed E-state index contributed by atoms with van der Waals surface area (Å²) in [6.45, 7) is 2.28. The van der Waals surface area contributed by atoms with Crippen LogP contribution in [0.2, 0.25) is 0 Å². The molecule has 1 saturated carbocycles. The van der Waals surface area contributed by atoms with E-state index < -0.39 is 0 Å². The lowest BCUT2D eigenvalue weighted by Gasteiger charge is -2.28. The van der Waals surface area contributed by atoms with Crippen LogP contribution in [0.15, 0.2) is 24.3 Å². The molecule has 3 heteroatoms. The Kier molecular flexibility index (Phi) is 4.59. The van der Waals surface area contributed by atoms with Gasteiger partial charge in [0.25, 0.3) is 0 Å². The predicted octanol–water partition coefficient (Wildman–Crippen LogP) is 3.67. The molecule has 1 aliphatic carbocycles. The van der Waals surface area contributed by atoms with Crippen molar-refractivity contribution in [2.75, 3.05) is 0 Å². The molecule has 1 aliphatic rings. The Bertz CT molecular complexity index is 411. The van der Waals surface area contributed by atoms with Crippen LogP contribution in [0.3, 0.4) is 0 Å². The van der Waals surface area contributed by atoms with Crippen molar-refractivity contribution in [1.82, 2.24) is 0 Å². The monoisotopic (exact) mass is 263 g/mol. The largest absolute Gasteiger partial charge is 0.490 e. The van der Waals surface area contributed by atoms with E-state index in [0.29, 0.717) is 11.1 Å². The van der Waals surface area contributed by atoms with E-state index >= 15 is 0 Å². The Morgan fingerprint density at radius 2 is 2.06 bits per heavy atom. The highest BCUT2D eigenvalue weighted by atomic mass is 32.1. The first-order valence-electron chi connectivity index (χ1n) is 6.75. The Balaban J connectivity index is 1.94. The lowest BCUT2D eigenvalue weighted by Crippen LogP contribution is -2.24. The van der Waals surface area contributed by atoms with Crippen LogP contribution in [0.5, 0.6) is 5.75 Å². The quantitative estimate of drug-likeness (QED) is 0.842. The Labute approximate surface area is 115 Å². The van der Waals surface area contributed by atoms with Gasteiger partial charge in [-0.2, -0.15) is 0 Å². The molecule has 0 unspecified atom stereocenters. The van der Waals surface area contributed by atoms with Crippen LogP contribution < -0.4 is 10.5 Å². The molecule has 0 radical (unpaired) electrons. The van der Waals surface area contributed by atoms with Crippen LogP contribution in [-0.2, 0) is 0 Å². The molecule has 1 fully saturated rings. The number of nitrogens with two attached hydrogens (primary N) is 1. The molecule has 98 valence electrons. The number of rotatable bonds is 4. The van der Waals surface area contributed by atoms with Crippen molar-refractivity contribution in [1.29, 1.82) is 0 Å². The highest BCUT2D eigenvalue weighted by Gasteiger charge is 2.21. The molecule has 0 spiro atoms. The summed E-state index contributed by atoms with van der Waals surface area (Å²) in [5.41, 5.74) is 6.51. The number of ether oxygens (including phenoxy) is 1. The molecular formula is C15H21NOS. The van der Waals surface area contributed by atoms with E-state index in [1.807, 2.05) is 24.3 Å². The van der Waals surface area contributed by atoms with Gasteiger partial charge in [-0.25, -0.2) is 0 Å². The van der Waals surface area contributed by atoms with Crippen LogP contribution >= 0.6 is 12.2 Å². The smallest absolute Gasteiger partial charge is 0.120 e. The summed E-state index contributed by atoms with van der Waals surface area (Å²) in [7, 11) is 0. The van der Waals surface area contributed by atoms with Crippen LogP contribution in [-0.4, -0.2) is 11.1 Å². The Hall–Kier alpha value is -1.09. The van der Waals surface area contributed by atoms with E-state index in [1.165, 1.54) is 19.3 Å². The van der Waals surface area contributed by atoms with E-state index in [1.54, 1.807) is 0 Å². The van der Waals surface area contributed by atoms with Crippen LogP contribution in [0.4, 0.5) is 0 Å². The molecule has 0 aromatic heterocycles. The molecule has 1 aromatic carbocycles. The third kappa shape index (κ3) is 3.45. The molecule has 0 aliphatic heterocycles. The van der Waals surface area contributed by atoms with Crippen molar-refractivity contribution in [2.45, 2.75) is 45.1 Å². The van der Waals surface area contributed by atoms with Crippen molar-refractivity contribution in [2.24, 2.45) is 11.7 Å². The first-order valence-corrected chi connectivity index (χ1v) is 7.16. The summed E-state index contributed by atoms with van der Waals surface area (Å²) in [5.74, 6) is 1.79. The molecule has 1 aromatic rings. The Morgan fingerprint density at radius 1 is 1.33 bits per heavy atom. The number of benzene rings is 1. The Morgan fingerprint density at radius 3 is 2.67 bits per heavy atom. The first kappa shape index (κ1) is 13.3. The van der Waals surface area contributed by atoms with Gasteiger partial charge in [-0.3, -0.25) is 0 Å². The fourth-order valence-electron chi connectivity index (χ4n) is 2.57. The van der Waals surface area contributed by atoms with Crippen LogP contribution in [0.1, 0.15) is 44.6 Å². The molecule has 2 rings (SSSR count). The lowest BCUT2D eigenvalue weighted by atomic mass is 9.86. The van der Waals surface area contributed by atoms with E-state index in [0.717, 1.165) is 30.1 Å². The second-order valence-electron chi connectivity index (χ2n) is 5.06. The normalized spacial score (nSPS) is 23.6. The van der Waals surface area contributed by atoms with E-state index in [9.17, 15) is 0 Å². The van der Waals surface area contributed by atoms with E-state index in [2.05, 4.69) is 6.92 Å². The summed E-state index contributed by atoms with van der Waals surface area (Å²) in [4.78, 5) is 0.426. The zero-order valence-corrected chi connectivity index (χ0v) is 11.7. The average Bonchev–Trinajstić information content (AvgIpc) is 2.40. The van der Waals surface area contributed by atoms with Gasteiger partial charge in [0.05, 0.1) is 6.10 Å². The minimum absolute atomic E-state index is 0.356. The average molecular weight is 263 g/mol. The summed E-state index contributed by atoms with van der Waals surface area (Å²) in [5, 5.41) is 0. The van der Waals surface area contributed by atoms with Gasteiger partial charge in [-0.15, -0.1) is 0 Å². The first-order chi connectivity index (χ1) is 8.69. The molecule has 0 bridgehead atoms. The number of hydrogen-bond acceptors (Lipinski definition) is 2. The highest BCUT2D eigenvalue weighted by molar-refractivity contribution is 7.80.